The number of hydrogen-bond acceptors (Lipinski definition) is 3. The number of nitrogens with one attached hydrogen (secondary N) is 1. The minimum Gasteiger partial charge on any atom is -0.507 e. The monoisotopic (exact) mass is 441 g/mol. The minimum absolute atomic E-state index is 0.0693. The van der Waals surface area contributed by atoms with E-state index in [1.807, 2.05) is 62.4 Å². The maximum Gasteiger partial charge on any atom is 0.255 e. The molecular weight excluding hydrogens is 410 g/mol. The van der Waals surface area contributed by atoms with Gasteiger partial charge in [-0.3, -0.25) is 4.79 Å². The molecule has 3 N–H and O–H groups in total. The smallest absolute Gasteiger partial charge is 0.255 e. The zero-order valence-electron chi connectivity index (χ0n) is 19.2. The van der Waals surface area contributed by atoms with E-state index in [-0.39, 0.29) is 23.0 Å². The number of allylic oxidation sites excluding steroid dienone is 2. The van der Waals surface area contributed by atoms with Crippen LogP contribution in [0.25, 0.3) is 23.3 Å². The molecule has 0 heterocycles. The largest absolute Gasteiger partial charge is 0.507 e. The highest BCUT2D eigenvalue weighted by atomic mass is 16.3. The number of carbonyl (C=O) groups is 1. The van der Waals surface area contributed by atoms with E-state index in [2.05, 4.69) is 17.4 Å². The second-order valence-corrected chi connectivity index (χ2v) is 7.88. The Labute approximate surface area is 195 Å². The van der Waals surface area contributed by atoms with Gasteiger partial charge in [-0.15, -0.1) is 0 Å². The van der Waals surface area contributed by atoms with E-state index in [1.165, 1.54) is 11.6 Å². The summed E-state index contributed by atoms with van der Waals surface area (Å²) < 4.78 is 0. The fraction of sp³-hybridized carbons (Fsp3) is 0.207. The summed E-state index contributed by atoms with van der Waals surface area (Å²) in [7, 11) is 0. The second-order valence-electron chi connectivity index (χ2n) is 7.88. The molecule has 4 nitrogen and oxygen atoms in total. The highest BCUT2D eigenvalue weighted by molar-refractivity contribution is 5.98. The summed E-state index contributed by atoms with van der Waals surface area (Å²) in [6, 6.07) is 18.7. The summed E-state index contributed by atoms with van der Waals surface area (Å²) in [5, 5.41) is 25.5. The van der Waals surface area contributed by atoms with E-state index in [0.717, 1.165) is 40.8 Å². The van der Waals surface area contributed by atoms with Crippen LogP contribution in [0.5, 0.6) is 11.5 Å². The average Bonchev–Trinajstić information content (AvgIpc) is 2.83. The average molecular weight is 442 g/mol. The van der Waals surface area contributed by atoms with Gasteiger partial charge in [0.25, 0.3) is 5.91 Å². The molecular formula is C29H31NO3. The van der Waals surface area contributed by atoms with Crippen LogP contribution in [-0.4, -0.2) is 22.7 Å². The van der Waals surface area contributed by atoms with E-state index in [0.29, 0.717) is 6.54 Å². The standard InChI is InChI=1S/C29H31NO3/c1-3-5-14-23-18-24(20-28(32)25(23)10-4-2)22-15-16-27(31)26(19-22)29(33)30-17-9-13-21-11-7-6-8-12-21/h3,5-8,10-12,14-16,18-20,31-32H,4,9,13,17H2,1-2H3,(H,30,33)/b5-3-,23-14-,25-10-. The second kappa shape index (κ2) is 11.7. The topological polar surface area (TPSA) is 69.6 Å². The molecule has 0 aliphatic rings. The molecule has 0 saturated carbocycles. The number of rotatable bonds is 8. The van der Waals surface area contributed by atoms with Crippen LogP contribution in [0, 0.1) is 0 Å². The van der Waals surface area contributed by atoms with Gasteiger partial charge in [-0.25, -0.2) is 0 Å². The van der Waals surface area contributed by atoms with Crippen LogP contribution in [0.15, 0.2) is 72.8 Å². The number of hydrogen-bond donors (Lipinski definition) is 3. The van der Waals surface area contributed by atoms with Gasteiger partial charge in [-0.05, 0) is 72.4 Å². The Balaban J connectivity index is 1.83. The Morgan fingerprint density at radius 3 is 2.48 bits per heavy atom. The van der Waals surface area contributed by atoms with Crippen molar-refractivity contribution in [3.63, 3.8) is 0 Å². The molecule has 0 fully saturated rings. The summed E-state index contributed by atoms with van der Waals surface area (Å²) in [5.41, 5.74) is 2.96. The first kappa shape index (κ1) is 23.9. The molecule has 170 valence electrons. The number of phenols is 2. The van der Waals surface area contributed by atoms with Crippen molar-refractivity contribution in [2.24, 2.45) is 0 Å². The van der Waals surface area contributed by atoms with Crippen molar-refractivity contribution in [3.8, 4) is 22.6 Å². The van der Waals surface area contributed by atoms with E-state index in [9.17, 15) is 15.0 Å². The lowest BCUT2D eigenvalue weighted by atomic mass is 9.99. The highest BCUT2D eigenvalue weighted by Crippen LogP contribution is 2.26. The lowest BCUT2D eigenvalue weighted by Gasteiger charge is -2.10. The summed E-state index contributed by atoms with van der Waals surface area (Å²) in [6.45, 7) is 4.48. The predicted octanol–water partition coefficient (Wildman–Crippen LogP) is 4.67. The highest BCUT2D eigenvalue weighted by Gasteiger charge is 2.13. The first-order chi connectivity index (χ1) is 16.0. The lowest BCUT2D eigenvalue weighted by molar-refractivity contribution is 0.0950. The maximum atomic E-state index is 12.7. The minimum atomic E-state index is -0.316. The molecule has 0 saturated heterocycles. The molecule has 0 spiro atoms. The third kappa shape index (κ3) is 6.36. The molecule has 0 radical (unpaired) electrons. The Morgan fingerprint density at radius 1 is 0.970 bits per heavy atom. The van der Waals surface area contributed by atoms with Gasteiger partial charge in [0.05, 0.1) is 5.56 Å². The molecule has 0 atom stereocenters. The SMILES string of the molecule is C\C=C/C=c1/cc(-c2ccc(O)c(C(=O)NCCCc3ccccc3)c2)cc(O)/c1=C\CC. The van der Waals surface area contributed by atoms with E-state index >= 15 is 0 Å². The van der Waals surface area contributed by atoms with Crippen molar-refractivity contribution in [2.75, 3.05) is 6.54 Å². The lowest BCUT2D eigenvalue weighted by Crippen LogP contribution is -2.25. The van der Waals surface area contributed by atoms with Crippen molar-refractivity contribution >= 4 is 18.1 Å². The summed E-state index contributed by atoms with van der Waals surface area (Å²) >= 11 is 0. The fourth-order valence-electron chi connectivity index (χ4n) is 3.72. The third-order valence-electron chi connectivity index (χ3n) is 5.41. The van der Waals surface area contributed by atoms with Gasteiger partial charge in [0.15, 0.2) is 0 Å². The van der Waals surface area contributed by atoms with Crippen LogP contribution in [0.3, 0.4) is 0 Å². The Bertz CT molecular complexity index is 1240. The van der Waals surface area contributed by atoms with Crippen LogP contribution < -0.4 is 15.8 Å². The van der Waals surface area contributed by atoms with E-state index in [4.69, 9.17) is 0 Å². The van der Waals surface area contributed by atoms with Crippen molar-refractivity contribution in [3.05, 3.63) is 94.4 Å². The first-order valence-electron chi connectivity index (χ1n) is 11.3. The number of aryl methyl sites for hydroxylation is 1. The van der Waals surface area contributed by atoms with Gasteiger partial charge >= 0.3 is 0 Å². The van der Waals surface area contributed by atoms with Crippen LogP contribution in [0.2, 0.25) is 0 Å². The predicted molar refractivity (Wildman–Crippen MR) is 136 cm³/mol. The zero-order chi connectivity index (χ0) is 23.6. The molecule has 3 rings (SSSR count). The molecule has 0 aliphatic carbocycles. The molecule has 0 bridgehead atoms. The van der Waals surface area contributed by atoms with Gasteiger partial charge in [-0.2, -0.15) is 0 Å². The number of carbonyl (C=O) groups excluding carboxylic acids is 1. The molecule has 0 aliphatic heterocycles. The van der Waals surface area contributed by atoms with Gasteiger partial charge in [0.2, 0.25) is 0 Å². The maximum absolute atomic E-state index is 12.7. The van der Waals surface area contributed by atoms with E-state index in [1.54, 1.807) is 18.2 Å². The Morgan fingerprint density at radius 2 is 1.76 bits per heavy atom. The molecule has 1 amide bonds. The summed E-state index contributed by atoms with van der Waals surface area (Å²) in [4.78, 5) is 12.7. The number of phenolic OH excluding ortho intramolecular Hbond substituents is 2. The van der Waals surface area contributed by atoms with Crippen LogP contribution in [-0.2, 0) is 6.42 Å². The number of aromatic hydroxyl groups is 2. The molecule has 0 unspecified atom stereocenters. The Kier molecular flexibility index (Phi) is 8.48. The van der Waals surface area contributed by atoms with Crippen molar-refractivity contribution in [2.45, 2.75) is 33.1 Å². The molecule has 3 aromatic rings. The molecule has 4 heteroatoms. The van der Waals surface area contributed by atoms with E-state index < -0.39 is 0 Å². The van der Waals surface area contributed by atoms with Crippen molar-refractivity contribution in [1.29, 1.82) is 0 Å². The number of benzene rings is 3. The van der Waals surface area contributed by atoms with Gasteiger partial charge in [0, 0.05) is 11.8 Å². The molecule has 3 aromatic carbocycles. The van der Waals surface area contributed by atoms with Gasteiger partial charge in [0.1, 0.15) is 11.5 Å². The third-order valence-corrected chi connectivity index (χ3v) is 5.41. The first-order valence-corrected chi connectivity index (χ1v) is 11.3. The fourth-order valence-corrected chi connectivity index (χ4v) is 3.72. The quantitative estimate of drug-likeness (QED) is 0.445. The summed E-state index contributed by atoms with van der Waals surface area (Å²) in [5.74, 6) is -0.200. The normalized spacial score (nSPS) is 12.4. The van der Waals surface area contributed by atoms with Gasteiger partial charge < -0.3 is 15.5 Å². The van der Waals surface area contributed by atoms with Crippen molar-refractivity contribution in [1.82, 2.24) is 5.32 Å². The van der Waals surface area contributed by atoms with Crippen LogP contribution in [0.4, 0.5) is 0 Å². The Hall–Kier alpha value is -3.79. The summed E-state index contributed by atoms with van der Waals surface area (Å²) in [6.07, 6.45) is 10.3. The molecule has 33 heavy (non-hydrogen) atoms. The van der Waals surface area contributed by atoms with Crippen molar-refractivity contribution < 1.29 is 15.0 Å². The van der Waals surface area contributed by atoms with Crippen LogP contribution in [0.1, 0.15) is 42.6 Å². The van der Waals surface area contributed by atoms with Gasteiger partial charge in [-0.1, -0.05) is 67.6 Å². The zero-order valence-corrected chi connectivity index (χ0v) is 19.2. The van der Waals surface area contributed by atoms with Crippen LogP contribution >= 0.6 is 0 Å². The molecule has 0 aromatic heterocycles. The number of amides is 1.